The standard InChI is InChI=1S/C17H16Cl2N2O3S/c1-21(13-5-6-13)17(22)11-3-2-4-12(9-11)20-25(23,24)14-7-8-15(18)16(19)10-14/h2-4,7-10,13,20H,5-6H2,1H3. The topological polar surface area (TPSA) is 66.5 Å². The van der Waals surface area contributed by atoms with Crippen LogP contribution in [0.4, 0.5) is 5.69 Å². The smallest absolute Gasteiger partial charge is 0.261 e. The molecule has 0 bridgehead atoms. The van der Waals surface area contributed by atoms with Crippen molar-refractivity contribution >= 4 is 44.8 Å². The maximum Gasteiger partial charge on any atom is 0.261 e. The number of hydrogen-bond acceptors (Lipinski definition) is 3. The minimum absolute atomic E-state index is 0.00581. The van der Waals surface area contributed by atoms with Gasteiger partial charge < -0.3 is 4.90 Å². The first kappa shape index (κ1) is 18.0. The van der Waals surface area contributed by atoms with Crippen molar-refractivity contribution in [2.24, 2.45) is 0 Å². The van der Waals surface area contributed by atoms with E-state index < -0.39 is 10.0 Å². The van der Waals surface area contributed by atoms with E-state index >= 15 is 0 Å². The lowest BCUT2D eigenvalue weighted by atomic mass is 10.2. The predicted octanol–water partition coefficient (Wildman–Crippen LogP) is 4.03. The molecule has 1 N–H and O–H groups in total. The van der Waals surface area contributed by atoms with Crippen molar-refractivity contribution in [3.05, 3.63) is 58.1 Å². The normalized spacial score (nSPS) is 14.2. The molecular formula is C17H16Cl2N2O3S. The molecule has 2 aromatic carbocycles. The van der Waals surface area contributed by atoms with Gasteiger partial charge in [0.25, 0.3) is 15.9 Å². The molecule has 2 aromatic rings. The molecule has 1 saturated carbocycles. The summed E-state index contributed by atoms with van der Waals surface area (Å²) in [6, 6.07) is 10.8. The predicted molar refractivity (Wildman–Crippen MR) is 98.8 cm³/mol. The van der Waals surface area contributed by atoms with Crippen LogP contribution < -0.4 is 4.72 Å². The van der Waals surface area contributed by atoms with Crippen LogP contribution in [0, 0.1) is 0 Å². The molecule has 5 nitrogen and oxygen atoms in total. The van der Waals surface area contributed by atoms with Crippen molar-refractivity contribution in [1.29, 1.82) is 0 Å². The quantitative estimate of drug-likeness (QED) is 0.826. The molecule has 0 heterocycles. The van der Waals surface area contributed by atoms with Crippen molar-refractivity contribution < 1.29 is 13.2 Å². The molecule has 1 amide bonds. The molecule has 1 aliphatic carbocycles. The maximum absolute atomic E-state index is 12.5. The molecule has 25 heavy (non-hydrogen) atoms. The number of benzene rings is 2. The summed E-state index contributed by atoms with van der Waals surface area (Å²) in [5.41, 5.74) is 0.741. The van der Waals surface area contributed by atoms with Crippen molar-refractivity contribution in [2.45, 2.75) is 23.8 Å². The summed E-state index contributed by atoms with van der Waals surface area (Å²) < 4.78 is 27.4. The van der Waals surface area contributed by atoms with Gasteiger partial charge in [0, 0.05) is 24.3 Å². The number of amides is 1. The third kappa shape index (κ3) is 4.08. The number of sulfonamides is 1. The third-order valence-corrected chi connectivity index (χ3v) is 6.10. The van der Waals surface area contributed by atoms with Crippen LogP contribution in [0.5, 0.6) is 0 Å². The second-order valence-electron chi connectivity index (χ2n) is 5.91. The monoisotopic (exact) mass is 398 g/mol. The van der Waals surface area contributed by atoms with Crippen molar-refractivity contribution in [2.75, 3.05) is 11.8 Å². The van der Waals surface area contributed by atoms with E-state index in [-0.39, 0.29) is 26.9 Å². The van der Waals surface area contributed by atoms with Crippen LogP contribution in [0.1, 0.15) is 23.2 Å². The van der Waals surface area contributed by atoms with E-state index in [0.717, 1.165) is 12.8 Å². The molecule has 0 atom stereocenters. The van der Waals surface area contributed by atoms with Gasteiger partial charge in [-0.1, -0.05) is 29.3 Å². The Bertz CT molecular complexity index is 927. The number of nitrogens with zero attached hydrogens (tertiary/aromatic N) is 1. The number of anilines is 1. The highest BCUT2D eigenvalue weighted by Gasteiger charge is 2.30. The maximum atomic E-state index is 12.5. The number of hydrogen-bond donors (Lipinski definition) is 1. The highest BCUT2D eigenvalue weighted by atomic mass is 35.5. The van der Waals surface area contributed by atoms with Gasteiger partial charge in [-0.2, -0.15) is 0 Å². The Morgan fingerprint density at radius 3 is 2.48 bits per heavy atom. The fourth-order valence-electron chi connectivity index (χ4n) is 2.41. The molecule has 1 aliphatic rings. The van der Waals surface area contributed by atoms with Gasteiger partial charge in [0.05, 0.1) is 14.9 Å². The van der Waals surface area contributed by atoms with E-state index in [1.165, 1.54) is 24.3 Å². The number of rotatable bonds is 5. The van der Waals surface area contributed by atoms with E-state index in [4.69, 9.17) is 23.2 Å². The highest BCUT2D eigenvalue weighted by Crippen LogP contribution is 2.28. The zero-order chi connectivity index (χ0) is 18.2. The van der Waals surface area contributed by atoms with Crippen molar-refractivity contribution in [3.63, 3.8) is 0 Å². The lowest BCUT2D eigenvalue weighted by Crippen LogP contribution is -2.28. The fraction of sp³-hybridized carbons (Fsp3) is 0.235. The SMILES string of the molecule is CN(C(=O)c1cccc(NS(=O)(=O)c2ccc(Cl)c(Cl)c2)c1)C1CC1. The first-order valence-electron chi connectivity index (χ1n) is 7.63. The Balaban J connectivity index is 1.83. The molecule has 0 aliphatic heterocycles. The van der Waals surface area contributed by atoms with Gasteiger partial charge in [-0.25, -0.2) is 8.42 Å². The van der Waals surface area contributed by atoms with Gasteiger partial charge in [-0.3, -0.25) is 9.52 Å². The van der Waals surface area contributed by atoms with E-state index in [2.05, 4.69) is 4.72 Å². The Morgan fingerprint density at radius 1 is 1.12 bits per heavy atom. The number of carbonyl (C=O) groups excluding carboxylic acids is 1. The lowest BCUT2D eigenvalue weighted by Gasteiger charge is -2.17. The molecule has 1 fully saturated rings. The summed E-state index contributed by atoms with van der Waals surface area (Å²) in [6.45, 7) is 0. The number of halogens is 2. The molecule has 8 heteroatoms. The molecule has 0 saturated heterocycles. The Hall–Kier alpha value is -1.76. The van der Waals surface area contributed by atoms with Gasteiger partial charge >= 0.3 is 0 Å². The molecule has 3 rings (SSSR count). The van der Waals surface area contributed by atoms with Crippen LogP contribution in [-0.2, 0) is 10.0 Å². The Labute approximate surface area is 156 Å². The van der Waals surface area contributed by atoms with E-state index in [9.17, 15) is 13.2 Å². The zero-order valence-corrected chi connectivity index (χ0v) is 15.7. The van der Waals surface area contributed by atoms with E-state index in [0.29, 0.717) is 11.3 Å². The van der Waals surface area contributed by atoms with E-state index in [1.807, 2.05) is 0 Å². The van der Waals surface area contributed by atoms with Crippen LogP contribution in [0.25, 0.3) is 0 Å². The third-order valence-electron chi connectivity index (χ3n) is 3.98. The largest absolute Gasteiger partial charge is 0.339 e. The second kappa shape index (κ2) is 6.86. The molecule has 132 valence electrons. The molecule has 0 aromatic heterocycles. The average Bonchev–Trinajstić information content (AvgIpc) is 3.40. The minimum Gasteiger partial charge on any atom is -0.339 e. The van der Waals surface area contributed by atoms with Gasteiger partial charge in [0.2, 0.25) is 0 Å². The summed E-state index contributed by atoms with van der Waals surface area (Å²) in [6.07, 6.45) is 2.01. The highest BCUT2D eigenvalue weighted by molar-refractivity contribution is 7.92. The van der Waals surface area contributed by atoms with Crippen molar-refractivity contribution in [3.8, 4) is 0 Å². The Kier molecular flexibility index (Phi) is 4.95. The summed E-state index contributed by atoms with van der Waals surface area (Å²) in [4.78, 5) is 14.1. The molecule has 0 radical (unpaired) electrons. The number of nitrogens with one attached hydrogen (secondary N) is 1. The second-order valence-corrected chi connectivity index (χ2v) is 8.41. The minimum atomic E-state index is -3.84. The average molecular weight is 399 g/mol. The summed E-state index contributed by atoms with van der Waals surface area (Å²) in [5, 5.41) is 0.427. The van der Waals surface area contributed by atoms with Crippen LogP contribution in [0.15, 0.2) is 47.4 Å². The summed E-state index contributed by atoms with van der Waals surface area (Å²) in [7, 11) is -2.08. The summed E-state index contributed by atoms with van der Waals surface area (Å²) in [5.74, 6) is -0.127. The van der Waals surface area contributed by atoms with E-state index in [1.54, 1.807) is 30.1 Å². The molecule has 0 unspecified atom stereocenters. The lowest BCUT2D eigenvalue weighted by molar-refractivity contribution is 0.0785. The van der Waals surface area contributed by atoms with Gasteiger partial charge in [0.15, 0.2) is 0 Å². The van der Waals surface area contributed by atoms with Crippen LogP contribution in [-0.4, -0.2) is 32.3 Å². The van der Waals surface area contributed by atoms with Gasteiger partial charge in [0.1, 0.15) is 0 Å². The first-order chi connectivity index (χ1) is 11.8. The first-order valence-corrected chi connectivity index (χ1v) is 9.87. The van der Waals surface area contributed by atoms with Gasteiger partial charge in [-0.05, 0) is 49.2 Å². The Morgan fingerprint density at radius 2 is 1.84 bits per heavy atom. The van der Waals surface area contributed by atoms with Crippen molar-refractivity contribution in [1.82, 2.24) is 4.90 Å². The van der Waals surface area contributed by atoms with Crippen LogP contribution >= 0.6 is 23.2 Å². The van der Waals surface area contributed by atoms with Crippen LogP contribution in [0.2, 0.25) is 10.0 Å². The molecule has 0 spiro atoms. The fourth-order valence-corrected chi connectivity index (χ4v) is 3.84. The number of carbonyl (C=O) groups is 1. The van der Waals surface area contributed by atoms with Crippen LogP contribution in [0.3, 0.4) is 0 Å². The summed E-state index contributed by atoms with van der Waals surface area (Å²) >= 11 is 11.7. The zero-order valence-electron chi connectivity index (χ0n) is 13.4. The van der Waals surface area contributed by atoms with Gasteiger partial charge in [-0.15, -0.1) is 0 Å². The molecular weight excluding hydrogens is 383 g/mol.